The number of carbonyl (C=O) groups excluding carboxylic acids is 1. The lowest BCUT2D eigenvalue weighted by molar-refractivity contribution is 0.0954. The minimum absolute atomic E-state index is 0.0501. The van der Waals surface area contributed by atoms with E-state index in [1.54, 1.807) is 0 Å². The smallest absolute Gasteiger partial charge is 0.251 e. The van der Waals surface area contributed by atoms with Crippen LogP contribution in [0, 0.1) is 6.92 Å². The second-order valence-electron chi connectivity index (χ2n) is 8.16. The second kappa shape index (κ2) is 8.67. The fourth-order valence-corrected chi connectivity index (χ4v) is 4.19. The van der Waals surface area contributed by atoms with E-state index in [9.17, 15) is 4.79 Å². The molecule has 0 bridgehead atoms. The van der Waals surface area contributed by atoms with Crippen LogP contribution in [0.1, 0.15) is 27.3 Å². The molecule has 158 valence electrons. The molecule has 1 amide bonds. The van der Waals surface area contributed by atoms with Gasteiger partial charge in [0.2, 0.25) is 0 Å². The molecule has 0 saturated heterocycles. The summed E-state index contributed by atoms with van der Waals surface area (Å²) in [4.78, 5) is 17.4. The van der Waals surface area contributed by atoms with Crippen LogP contribution in [0.15, 0.2) is 91.0 Å². The molecule has 1 heterocycles. The van der Waals surface area contributed by atoms with Crippen LogP contribution in [0.2, 0.25) is 0 Å². The molecular formula is C28H25N3O. The first-order valence-electron chi connectivity index (χ1n) is 10.9. The van der Waals surface area contributed by atoms with Crippen LogP contribution < -0.4 is 5.32 Å². The van der Waals surface area contributed by atoms with Crippen LogP contribution in [0.25, 0.3) is 21.8 Å². The number of carbonyl (C=O) groups is 1. The molecule has 4 nitrogen and oxygen atoms in total. The molecular weight excluding hydrogens is 394 g/mol. The number of nitrogens with one attached hydrogen (secondary N) is 1. The Morgan fingerprint density at radius 3 is 2.56 bits per heavy atom. The zero-order chi connectivity index (χ0) is 21.9. The molecule has 0 spiro atoms. The highest BCUT2D eigenvalue weighted by molar-refractivity contribution is 5.94. The Morgan fingerprint density at radius 1 is 0.875 bits per heavy atom. The maximum Gasteiger partial charge on any atom is 0.251 e. The first-order valence-corrected chi connectivity index (χ1v) is 10.9. The van der Waals surface area contributed by atoms with Crippen molar-refractivity contribution < 1.29 is 4.79 Å². The summed E-state index contributed by atoms with van der Waals surface area (Å²) in [5.41, 5.74) is 5.09. The first kappa shape index (κ1) is 20.0. The highest BCUT2D eigenvalue weighted by atomic mass is 16.1. The first-order chi connectivity index (χ1) is 15.7. The molecule has 4 heteroatoms. The van der Waals surface area contributed by atoms with Crippen molar-refractivity contribution in [3.8, 4) is 0 Å². The summed E-state index contributed by atoms with van der Waals surface area (Å²) in [6.45, 7) is 3.27. The maximum absolute atomic E-state index is 12.5. The Bertz CT molecular complexity index is 1420. The van der Waals surface area contributed by atoms with E-state index in [0.29, 0.717) is 18.5 Å². The molecule has 0 aliphatic heterocycles. The molecule has 1 N–H and O–H groups in total. The van der Waals surface area contributed by atoms with E-state index in [4.69, 9.17) is 4.98 Å². The van der Waals surface area contributed by atoms with Crippen LogP contribution in [-0.4, -0.2) is 22.0 Å². The zero-order valence-electron chi connectivity index (χ0n) is 18.1. The van der Waals surface area contributed by atoms with E-state index in [-0.39, 0.29) is 5.91 Å². The summed E-state index contributed by atoms with van der Waals surface area (Å²) in [7, 11) is 0. The van der Waals surface area contributed by atoms with Crippen molar-refractivity contribution in [3.05, 3.63) is 114 Å². The molecule has 0 radical (unpaired) electrons. The molecule has 5 rings (SSSR count). The van der Waals surface area contributed by atoms with E-state index in [1.807, 2.05) is 49.4 Å². The summed E-state index contributed by atoms with van der Waals surface area (Å²) < 4.78 is 2.26. The van der Waals surface area contributed by atoms with Gasteiger partial charge in [-0.1, -0.05) is 66.2 Å². The molecule has 0 unspecified atom stereocenters. The Hall–Kier alpha value is -3.92. The van der Waals surface area contributed by atoms with Crippen molar-refractivity contribution in [2.45, 2.75) is 19.9 Å². The minimum atomic E-state index is -0.0501. The topological polar surface area (TPSA) is 46.9 Å². The number of benzene rings is 4. The van der Waals surface area contributed by atoms with E-state index in [1.165, 1.54) is 16.3 Å². The fraction of sp³-hybridized carbons (Fsp3) is 0.143. The van der Waals surface area contributed by atoms with Gasteiger partial charge in [-0.3, -0.25) is 4.79 Å². The van der Waals surface area contributed by atoms with Crippen molar-refractivity contribution >= 4 is 27.7 Å². The molecule has 0 atom stereocenters. The quantitative estimate of drug-likeness (QED) is 0.394. The Morgan fingerprint density at radius 2 is 1.69 bits per heavy atom. The number of hydrogen-bond acceptors (Lipinski definition) is 2. The summed E-state index contributed by atoms with van der Waals surface area (Å²) in [6, 6.07) is 30.9. The third-order valence-electron chi connectivity index (χ3n) is 5.80. The van der Waals surface area contributed by atoms with Gasteiger partial charge in [-0.05, 0) is 53.6 Å². The van der Waals surface area contributed by atoms with Crippen molar-refractivity contribution in [1.29, 1.82) is 0 Å². The minimum Gasteiger partial charge on any atom is -0.352 e. The van der Waals surface area contributed by atoms with E-state index in [0.717, 1.165) is 29.0 Å². The third kappa shape index (κ3) is 4.12. The average Bonchev–Trinajstić information content (AvgIpc) is 3.16. The molecule has 0 aliphatic rings. The van der Waals surface area contributed by atoms with Crippen LogP contribution in [0.5, 0.6) is 0 Å². The van der Waals surface area contributed by atoms with Crippen LogP contribution in [-0.2, 0) is 13.0 Å². The summed E-state index contributed by atoms with van der Waals surface area (Å²) in [6.07, 6.45) is 0.666. The number of nitrogens with zero attached hydrogens (tertiary/aromatic N) is 2. The van der Waals surface area contributed by atoms with Crippen LogP contribution >= 0.6 is 0 Å². The number of fused-ring (bicyclic) bond motifs is 2. The Kier molecular flexibility index (Phi) is 5.42. The van der Waals surface area contributed by atoms with Gasteiger partial charge in [0.15, 0.2) is 0 Å². The summed E-state index contributed by atoms with van der Waals surface area (Å²) in [5.74, 6) is 0.926. The lowest BCUT2D eigenvalue weighted by Crippen LogP contribution is -2.26. The molecule has 4 aromatic carbocycles. The van der Waals surface area contributed by atoms with Gasteiger partial charge >= 0.3 is 0 Å². The largest absolute Gasteiger partial charge is 0.352 e. The van der Waals surface area contributed by atoms with Gasteiger partial charge in [0.05, 0.1) is 11.0 Å². The molecule has 0 saturated carbocycles. The number of rotatable bonds is 6. The van der Waals surface area contributed by atoms with Crippen molar-refractivity contribution in [2.24, 2.45) is 0 Å². The van der Waals surface area contributed by atoms with E-state index < -0.39 is 0 Å². The molecule has 0 aliphatic carbocycles. The zero-order valence-corrected chi connectivity index (χ0v) is 18.1. The lowest BCUT2D eigenvalue weighted by Gasteiger charge is -2.11. The predicted molar refractivity (Wildman–Crippen MR) is 130 cm³/mol. The fourth-order valence-electron chi connectivity index (χ4n) is 4.19. The van der Waals surface area contributed by atoms with Crippen LogP contribution in [0.4, 0.5) is 0 Å². The molecule has 5 aromatic rings. The highest BCUT2D eigenvalue weighted by Gasteiger charge is 2.12. The number of aromatic nitrogens is 2. The predicted octanol–water partition coefficient (Wildman–Crippen LogP) is 5.52. The number of amides is 1. The van der Waals surface area contributed by atoms with Gasteiger partial charge in [0.25, 0.3) is 5.91 Å². The van der Waals surface area contributed by atoms with Crippen LogP contribution in [0.3, 0.4) is 0 Å². The Labute approximate surface area is 187 Å². The van der Waals surface area contributed by atoms with Crippen molar-refractivity contribution in [3.63, 3.8) is 0 Å². The number of hydrogen-bond donors (Lipinski definition) is 1. The van der Waals surface area contributed by atoms with Gasteiger partial charge in [0.1, 0.15) is 5.82 Å². The van der Waals surface area contributed by atoms with Gasteiger partial charge < -0.3 is 9.88 Å². The average molecular weight is 420 g/mol. The molecule has 1 aromatic heterocycles. The summed E-state index contributed by atoms with van der Waals surface area (Å²) >= 11 is 0. The van der Waals surface area contributed by atoms with Gasteiger partial charge in [-0.25, -0.2) is 4.98 Å². The SMILES string of the molecule is Cc1cccc(C(=O)NCCc2nc3ccccc3n2Cc2ccc3ccccc3c2)c1. The van der Waals surface area contributed by atoms with Crippen molar-refractivity contribution in [1.82, 2.24) is 14.9 Å². The number of imidazole rings is 1. The van der Waals surface area contributed by atoms with E-state index in [2.05, 4.69) is 58.4 Å². The maximum atomic E-state index is 12.5. The molecule has 32 heavy (non-hydrogen) atoms. The molecule has 0 fully saturated rings. The lowest BCUT2D eigenvalue weighted by atomic mass is 10.1. The monoisotopic (exact) mass is 419 g/mol. The summed E-state index contributed by atoms with van der Waals surface area (Å²) in [5, 5.41) is 5.52. The van der Waals surface area contributed by atoms with Crippen molar-refractivity contribution in [2.75, 3.05) is 6.54 Å². The van der Waals surface area contributed by atoms with E-state index >= 15 is 0 Å². The highest BCUT2D eigenvalue weighted by Crippen LogP contribution is 2.21. The van der Waals surface area contributed by atoms with Gasteiger partial charge in [-0.2, -0.15) is 0 Å². The number of aryl methyl sites for hydroxylation is 1. The standard InChI is InChI=1S/C28H25N3O/c1-20-7-6-10-24(17-20)28(32)29-16-15-27-30-25-11-4-5-12-26(25)31(27)19-21-13-14-22-8-2-3-9-23(22)18-21/h2-14,17-18H,15-16,19H2,1H3,(H,29,32). The number of para-hydroxylation sites is 2. The third-order valence-corrected chi connectivity index (χ3v) is 5.80. The normalized spacial score (nSPS) is 11.2. The Balaban J connectivity index is 1.38. The van der Waals surface area contributed by atoms with Gasteiger partial charge in [0, 0.05) is 25.1 Å². The van der Waals surface area contributed by atoms with Gasteiger partial charge in [-0.15, -0.1) is 0 Å². The second-order valence-corrected chi connectivity index (χ2v) is 8.16.